The SMILES string of the molecule is N#CC1(CC(=O)NCc2cccc(NC(=O)Nc3ccccc3)c2)CCC1. The van der Waals surface area contributed by atoms with E-state index in [0.717, 1.165) is 24.8 Å². The lowest BCUT2D eigenvalue weighted by atomic mass is 9.68. The second-order valence-electron chi connectivity index (χ2n) is 6.84. The number of nitrogens with zero attached hydrogens (tertiary/aromatic N) is 1. The number of hydrogen-bond donors (Lipinski definition) is 3. The molecular weight excluding hydrogens is 340 g/mol. The molecule has 3 amide bonds. The van der Waals surface area contributed by atoms with Gasteiger partial charge in [0.05, 0.1) is 11.5 Å². The number of rotatable bonds is 6. The third-order valence-electron chi connectivity index (χ3n) is 4.75. The summed E-state index contributed by atoms with van der Waals surface area (Å²) in [5.41, 5.74) is 1.76. The molecule has 3 rings (SSSR count). The van der Waals surface area contributed by atoms with Gasteiger partial charge < -0.3 is 16.0 Å². The first kappa shape index (κ1) is 18.5. The number of hydrogen-bond acceptors (Lipinski definition) is 3. The van der Waals surface area contributed by atoms with Gasteiger partial charge in [-0.2, -0.15) is 5.26 Å². The summed E-state index contributed by atoms with van der Waals surface area (Å²) >= 11 is 0. The first-order chi connectivity index (χ1) is 13.1. The van der Waals surface area contributed by atoms with Gasteiger partial charge in [0.2, 0.25) is 5.91 Å². The number of nitrogens with one attached hydrogen (secondary N) is 3. The first-order valence-electron chi connectivity index (χ1n) is 8.99. The smallest absolute Gasteiger partial charge is 0.323 e. The average Bonchev–Trinajstić information content (AvgIpc) is 2.64. The first-order valence-corrected chi connectivity index (χ1v) is 8.99. The molecule has 0 aromatic heterocycles. The quantitative estimate of drug-likeness (QED) is 0.724. The number of anilines is 2. The Hall–Kier alpha value is -3.33. The van der Waals surface area contributed by atoms with Crippen LogP contribution in [0.5, 0.6) is 0 Å². The largest absolute Gasteiger partial charge is 0.352 e. The van der Waals surface area contributed by atoms with Gasteiger partial charge >= 0.3 is 6.03 Å². The van der Waals surface area contributed by atoms with E-state index in [-0.39, 0.29) is 18.4 Å². The molecule has 6 heteroatoms. The minimum Gasteiger partial charge on any atom is -0.352 e. The third-order valence-corrected chi connectivity index (χ3v) is 4.75. The normalized spacial score (nSPS) is 14.3. The Morgan fingerprint density at radius 3 is 2.37 bits per heavy atom. The molecule has 1 fully saturated rings. The zero-order chi connectivity index (χ0) is 19.1. The summed E-state index contributed by atoms with van der Waals surface area (Å²) < 4.78 is 0. The van der Waals surface area contributed by atoms with E-state index in [9.17, 15) is 14.9 Å². The van der Waals surface area contributed by atoms with Crippen molar-refractivity contribution in [3.05, 3.63) is 60.2 Å². The van der Waals surface area contributed by atoms with E-state index in [0.29, 0.717) is 17.9 Å². The molecule has 0 atom stereocenters. The number of carbonyl (C=O) groups excluding carboxylic acids is 2. The van der Waals surface area contributed by atoms with Crippen molar-refractivity contribution in [2.75, 3.05) is 10.6 Å². The zero-order valence-electron chi connectivity index (χ0n) is 15.0. The highest BCUT2D eigenvalue weighted by Crippen LogP contribution is 2.43. The van der Waals surface area contributed by atoms with Gasteiger partial charge in [0.1, 0.15) is 0 Å². The molecule has 138 valence electrons. The highest BCUT2D eigenvalue weighted by atomic mass is 16.2. The van der Waals surface area contributed by atoms with Crippen LogP contribution in [0.1, 0.15) is 31.2 Å². The van der Waals surface area contributed by atoms with Crippen molar-refractivity contribution in [3.8, 4) is 6.07 Å². The summed E-state index contributed by atoms with van der Waals surface area (Å²) in [5.74, 6) is -0.114. The van der Waals surface area contributed by atoms with Crippen LogP contribution >= 0.6 is 0 Å². The maximum atomic E-state index is 12.1. The van der Waals surface area contributed by atoms with Crippen LogP contribution in [0.15, 0.2) is 54.6 Å². The van der Waals surface area contributed by atoms with Gasteiger partial charge in [-0.05, 0) is 42.7 Å². The van der Waals surface area contributed by atoms with Gasteiger partial charge in [-0.1, -0.05) is 36.8 Å². The zero-order valence-corrected chi connectivity index (χ0v) is 15.0. The summed E-state index contributed by atoms with van der Waals surface area (Å²) in [4.78, 5) is 24.2. The van der Waals surface area contributed by atoms with E-state index in [1.807, 2.05) is 48.5 Å². The molecule has 6 nitrogen and oxygen atoms in total. The standard InChI is InChI=1S/C21H22N4O2/c22-15-21(10-5-11-21)13-19(26)23-14-16-6-4-9-18(12-16)25-20(27)24-17-7-2-1-3-8-17/h1-4,6-9,12H,5,10-11,13-14H2,(H,23,26)(H2,24,25,27). The maximum Gasteiger partial charge on any atom is 0.323 e. The highest BCUT2D eigenvalue weighted by Gasteiger charge is 2.39. The summed E-state index contributed by atoms with van der Waals surface area (Å²) in [5, 5.41) is 17.6. The van der Waals surface area contributed by atoms with Crippen molar-refractivity contribution in [1.29, 1.82) is 5.26 Å². The van der Waals surface area contributed by atoms with Crippen LogP contribution in [0.3, 0.4) is 0 Å². The van der Waals surface area contributed by atoms with Crippen molar-refractivity contribution in [3.63, 3.8) is 0 Å². The Balaban J connectivity index is 1.50. The Morgan fingerprint density at radius 2 is 1.70 bits per heavy atom. The fourth-order valence-electron chi connectivity index (χ4n) is 3.08. The monoisotopic (exact) mass is 362 g/mol. The maximum absolute atomic E-state index is 12.1. The van der Waals surface area contributed by atoms with Crippen LogP contribution in [-0.2, 0) is 11.3 Å². The molecule has 0 aliphatic heterocycles. The van der Waals surface area contributed by atoms with Crippen LogP contribution in [0.2, 0.25) is 0 Å². The Morgan fingerprint density at radius 1 is 1.00 bits per heavy atom. The van der Waals surface area contributed by atoms with E-state index in [4.69, 9.17) is 0 Å². The molecule has 2 aromatic carbocycles. The molecule has 1 saturated carbocycles. The van der Waals surface area contributed by atoms with Gasteiger partial charge in [-0.15, -0.1) is 0 Å². The van der Waals surface area contributed by atoms with Gasteiger partial charge in [-0.3, -0.25) is 4.79 Å². The van der Waals surface area contributed by atoms with Crippen LogP contribution in [-0.4, -0.2) is 11.9 Å². The van der Waals surface area contributed by atoms with Crippen LogP contribution in [0, 0.1) is 16.7 Å². The predicted molar refractivity (Wildman–Crippen MR) is 104 cm³/mol. The Labute approximate surface area is 158 Å². The van der Waals surface area contributed by atoms with Gasteiger partial charge in [0, 0.05) is 24.3 Å². The number of urea groups is 1. The van der Waals surface area contributed by atoms with Gasteiger partial charge in [-0.25, -0.2) is 4.79 Å². The molecule has 0 bridgehead atoms. The fraction of sp³-hybridized carbons (Fsp3) is 0.286. The lowest BCUT2D eigenvalue weighted by Gasteiger charge is -2.34. The molecule has 1 aliphatic rings. The number of para-hydroxylation sites is 1. The molecule has 2 aromatic rings. The molecule has 27 heavy (non-hydrogen) atoms. The number of carbonyl (C=O) groups is 2. The van der Waals surface area contributed by atoms with Crippen LogP contribution in [0.25, 0.3) is 0 Å². The van der Waals surface area contributed by atoms with E-state index in [2.05, 4.69) is 22.0 Å². The summed E-state index contributed by atoms with van der Waals surface area (Å²) in [6, 6.07) is 18.4. The minimum atomic E-state index is -0.469. The molecule has 0 saturated heterocycles. The van der Waals surface area contributed by atoms with Crippen molar-refractivity contribution in [2.24, 2.45) is 5.41 Å². The lowest BCUT2D eigenvalue weighted by molar-refractivity contribution is -0.123. The van der Waals surface area contributed by atoms with Crippen LogP contribution in [0.4, 0.5) is 16.2 Å². The van der Waals surface area contributed by atoms with Crippen molar-refractivity contribution in [2.45, 2.75) is 32.2 Å². The second kappa shape index (κ2) is 8.37. The van der Waals surface area contributed by atoms with E-state index in [1.165, 1.54) is 0 Å². The van der Waals surface area contributed by atoms with E-state index in [1.54, 1.807) is 6.07 Å². The molecule has 3 N–H and O–H groups in total. The minimum absolute atomic E-state index is 0.114. The fourth-order valence-corrected chi connectivity index (χ4v) is 3.08. The lowest BCUT2D eigenvalue weighted by Crippen LogP contribution is -2.35. The number of benzene rings is 2. The van der Waals surface area contributed by atoms with Crippen LogP contribution < -0.4 is 16.0 Å². The van der Waals surface area contributed by atoms with E-state index < -0.39 is 5.41 Å². The van der Waals surface area contributed by atoms with E-state index >= 15 is 0 Å². The third kappa shape index (κ3) is 5.08. The molecule has 0 unspecified atom stereocenters. The molecule has 0 heterocycles. The molecular formula is C21H22N4O2. The molecule has 0 spiro atoms. The Kier molecular flexibility index (Phi) is 5.72. The topological polar surface area (TPSA) is 94.0 Å². The number of nitriles is 1. The highest BCUT2D eigenvalue weighted by molar-refractivity contribution is 5.99. The second-order valence-corrected chi connectivity index (χ2v) is 6.84. The van der Waals surface area contributed by atoms with Gasteiger partial charge in [0.15, 0.2) is 0 Å². The summed E-state index contributed by atoms with van der Waals surface area (Å²) in [6.45, 7) is 0.357. The predicted octanol–water partition coefficient (Wildman–Crippen LogP) is 4.03. The molecule has 1 aliphatic carbocycles. The van der Waals surface area contributed by atoms with Crippen molar-refractivity contribution in [1.82, 2.24) is 5.32 Å². The summed E-state index contributed by atoms with van der Waals surface area (Å²) in [6.07, 6.45) is 2.86. The van der Waals surface area contributed by atoms with Gasteiger partial charge in [0.25, 0.3) is 0 Å². The Bertz CT molecular complexity index is 854. The summed E-state index contributed by atoms with van der Waals surface area (Å²) in [7, 11) is 0. The number of amides is 3. The van der Waals surface area contributed by atoms with Crippen molar-refractivity contribution < 1.29 is 9.59 Å². The molecule has 0 radical (unpaired) electrons. The average molecular weight is 362 g/mol. The van der Waals surface area contributed by atoms with Crippen molar-refractivity contribution >= 4 is 23.3 Å².